The number of aromatic hydroxyl groups is 1. The van der Waals surface area contributed by atoms with Gasteiger partial charge >= 0.3 is 0 Å². The number of rotatable bonds is 3. The number of phenolic OH excluding ortho intramolecular Hbond substituents is 1. The summed E-state index contributed by atoms with van der Waals surface area (Å²) >= 11 is 0. The largest absolute Gasteiger partial charge is 0.507 e. The van der Waals surface area contributed by atoms with Crippen LogP contribution >= 0.6 is 0 Å². The predicted molar refractivity (Wildman–Crippen MR) is 96.1 cm³/mol. The van der Waals surface area contributed by atoms with E-state index in [0.29, 0.717) is 0 Å². The fourth-order valence-corrected chi connectivity index (χ4v) is 3.59. The Morgan fingerprint density at radius 1 is 1.20 bits per heavy atom. The van der Waals surface area contributed by atoms with E-state index in [1.807, 2.05) is 35.3 Å². The second kappa shape index (κ2) is 5.99. The Bertz CT molecular complexity index is 831. The Balaban J connectivity index is 1.79. The van der Waals surface area contributed by atoms with Gasteiger partial charge in [0.15, 0.2) is 17.7 Å². The lowest BCUT2D eigenvalue weighted by atomic mass is 9.95. The third-order valence-electron chi connectivity index (χ3n) is 4.82. The zero-order valence-electron chi connectivity index (χ0n) is 14.6. The molecule has 0 bridgehead atoms. The lowest BCUT2D eigenvalue weighted by Gasteiger charge is -2.40. The Kier molecular flexibility index (Phi) is 3.79. The Morgan fingerprint density at radius 3 is 2.72 bits per heavy atom. The van der Waals surface area contributed by atoms with Gasteiger partial charge in [-0.3, -0.25) is 0 Å². The van der Waals surface area contributed by atoms with Gasteiger partial charge in [-0.2, -0.15) is 5.10 Å². The van der Waals surface area contributed by atoms with E-state index >= 15 is 0 Å². The average Bonchev–Trinajstić information content (AvgIpc) is 3.05. The fraction of sp³-hybridized carbons (Fsp3) is 0.350. The summed E-state index contributed by atoms with van der Waals surface area (Å²) in [6.07, 6.45) is 0.557. The van der Waals surface area contributed by atoms with E-state index in [9.17, 15) is 5.11 Å². The molecule has 2 aliphatic rings. The van der Waals surface area contributed by atoms with Gasteiger partial charge in [0.25, 0.3) is 0 Å². The molecule has 0 spiro atoms. The smallest absolute Gasteiger partial charge is 0.190 e. The van der Waals surface area contributed by atoms with E-state index in [4.69, 9.17) is 14.6 Å². The summed E-state index contributed by atoms with van der Waals surface area (Å²) in [7, 11) is 1.66. The molecule has 0 aliphatic carbocycles. The molecule has 0 saturated carbocycles. The van der Waals surface area contributed by atoms with Gasteiger partial charge in [-0.25, -0.2) is 5.01 Å². The SMILES string of the molecule is COc1cccc2c1O[C@@H](C(C)C)N1N=C(c3ccccc3O)C[C@H]21. The monoisotopic (exact) mass is 338 g/mol. The molecule has 0 aromatic heterocycles. The van der Waals surface area contributed by atoms with Gasteiger partial charge in [0, 0.05) is 23.5 Å². The highest BCUT2D eigenvalue weighted by molar-refractivity contribution is 6.04. The van der Waals surface area contributed by atoms with E-state index in [0.717, 1.165) is 34.8 Å². The molecule has 2 aromatic rings. The average molecular weight is 338 g/mol. The minimum atomic E-state index is -0.169. The molecule has 2 atom stereocenters. The van der Waals surface area contributed by atoms with Crippen LogP contribution in [0, 0.1) is 5.92 Å². The van der Waals surface area contributed by atoms with Gasteiger partial charge in [0.05, 0.1) is 18.9 Å². The van der Waals surface area contributed by atoms with Gasteiger partial charge in [-0.05, 0) is 18.2 Å². The predicted octanol–water partition coefficient (Wildman–Crippen LogP) is 3.93. The van der Waals surface area contributed by atoms with Crippen molar-refractivity contribution >= 4 is 5.71 Å². The van der Waals surface area contributed by atoms with Crippen molar-refractivity contribution < 1.29 is 14.6 Å². The zero-order valence-corrected chi connectivity index (χ0v) is 14.6. The fourth-order valence-electron chi connectivity index (χ4n) is 3.59. The number of nitrogens with zero attached hydrogens (tertiary/aromatic N) is 2. The third-order valence-corrected chi connectivity index (χ3v) is 4.82. The van der Waals surface area contributed by atoms with Crippen LogP contribution in [0.1, 0.15) is 37.4 Å². The summed E-state index contributed by atoms with van der Waals surface area (Å²) in [5.41, 5.74) is 2.74. The molecule has 5 nitrogen and oxygen atoms in total. The number of benzene rings is 2. The van der Waals surface area contributed by atoms with Crippen molar-refractivity contribution in [1.82, 2.24) is 5.01 Å². The number of hydrazone groups is 1. The van der Waals surface area contributed by atoms with Crippen molar-refractivity contribution in [2.45, 2.75) is 32.5 Å². The molecule has 0 radical (unpaired) electrons. The topological polar surface area (TPSA) is 54.3 Å². The van der Waals surface area contributed by atoms with Crippen LogP contribution in [-0.2, 0) is 0 Å². The van der Waals surface area contributed by atoms with E-state index in [1.165, 1.54) is 0 Å². The van der Waals surface area contributed by atoms with Crippen molar-refractivity contribution in [2.24, 2.45) is 11.0 Å². The van der Waals surface area contributed by atoms with Gasteiger partial charge in [0.2, 0.25) is 0 Å². The summed E-state index contributed by atoms with van der Waals surface area (Å²) in [6, 6.07) is 13.4. The maximum absolute atomic E-state index is 10.2. The van der Waals surface area contributed by atoms with Crippen molar-refractivity contribution in [3.63, 3.8) is 0 Å². The number of fused-ring (bicyclic) bond motifs is 3. The first kappa shape index (κ1) is 15.8. The molecular formula is C20H22N2O3. The molecule has 0 fully saturated rings. The summed E-state index contributed by atoms with van der Waals surface area (Å²) < 4.78 is 11.8. The van der Waals surface area contributed by atoms with Crippen LogP contribution in [0.3, 0.4) is 0 Å². The van der Waals surface area contributed by atoms with E-state index in [-0.39, 0.29) is 23.9 Å². The van der Waals surface area contributed by atoms with Crippen LogP contribution in [-0.4, -0.2) is 29.2 Å². The van der Waals surface area contributed by atoms with Crippen LogP contribution in [0.4, 0.5) is 0 Å². The lowest BCUT2D eigenvalue weighted by molar-refractivity contribution is -0.0476. The minimum Gasteiger partial charge on any atom is -0.507 e. The molecule has 0 saturated heterocycles. The van der Waals surface area contributed by atoms with Gasteiger partial charge in [0.1, 0.15) is 5.75 Å². The molecule has 2 aromatic carbocycles. The first-order valence-corrected chi connectivity index (χ1v) is 8.58. The summed E-state index contributed by atoms with van der Waals surface area (Å²) in [6.45, 7) is 4.24. The summed E-state index contributed by atoms with van der Waals surface area (Å²) in [4.78, 5) is 0. The van der Waals surface area contributed by atoms with Crippen molar-refractivity contribution in [1.29, 1.82) is 0 Å². The normalized spacial score (nSPS) is 21.4. The maximum Gasteiger partial charge on any atom is 0.190 e. The van der Waals surface area contributed by atoms with Gasteiger partial charge < -0.3 is 14.6 Å². The first-order chi connectivity index (χ1) is 12.1. The Hall–Kier alpha value is -2.69. The zero-order chi connectivity index (χ0) is 17.6. The van der Waals surface area contributed by atoms with E-state index in [2.05, 4.69) is 19.9 Å². The molecule has 2 aliphatic heterocycles. The highest BCUT2D eigenvalue weighted by atomic mass is 16.5. The van der Waals surface area contributed by atoms with Gasteiger partial charge in [-0.1, -0.05) is 38.1 Å². The second-order valence-electron chi connectivity index (χ2n) is 6.79. The number of methoxy groups -OCH3 is 1. The number of hydrogen-bond donors (Lipinski definition) is 1. The number of phenols is 1. The van der Waals surface area contributed by atoms with Gasteiger partial charge in [-0.15, -0.1) is 0 Å². The quantitative estimate of drug-likeness (QED) is 0.921. The lowest BCUT2D eigenvalue weighted by Crippen LogP contribution is -2.43. The van der Waals surface area contributed by atoms with Crippen LogP contribution in [0.2, 0.25) is 0 Å². The molecule has 1 N–H and O–H groups in total. The highest BCUT2D eigenvalue weighted by Crippen LogP contribution is 2.48. The van der Waals surface area contributed by atoms with Crippen molar-refractivity contribution in [3.8, 4) is 17.2 Å². The van der Waals surface area contributed by atoms with E-state index < -0.39 is 0 Å². The Morgan fingerprint density at radius 2 is 2.00 bits per heavy atom. The standard InChI is InChI=1S/C20H22N2O3/c1-12(2)20-22-16(14-8-6-10-18(24-3)19(14)25-20)11-15(21-22)13-7-4-5-9-17(13)23/h4-10,12,16,20,23H,11H2,1-3H3/t16-,20+/m1/s1. The highest BCUT2D eigenvalue weighted by Gasteiger charge is 2.42. The second-order valence-corrected chi connectivity index (χ2v) is 6.79. The van der Waals surface area contributed by atoms with Crippen LogP contribution in [0.15, 0.2) is 47.6 Å². The molecule has 25 heavy (non-hydrogen) atoms. The first-order valence-electron chi connectivity index (χ1n) is 8.58. The third kappa shape index (κ3) is 2.51. The number of para-hydroxylation sites is 2. The molecule has 4 rings (SSSR count). The minimum absolute atomic E-state index is 0.0841. The maximum atomic E-state index is 10.2. The van der Waals surface area contributed by atoms with Crippen LogP contribution in [0.5, 0.6) is 17.2 Å². The summed E-state index contributed by atoms with van der Waals surface area (Å²) in [5.74, 6) is 2.07. The van der Waals surface area contributed by atoms with Crippen molar-refractivity contribution in [2.75, 3.05) is 7.11 Å². The molecule has 0 amide bonds. The number of hydrogen-bond acceptors (Lipinski definition) is 5. The number of ether oxygens (including phenoxy) is 2. The summed E-state index contributed by atoms with van der Waals surface area (Å²) in [5, 5.41) is 17.1. The molecule has 130 valence electrons. The van der Waals surface area contributed by atoms with Crippen LogP contribution in [0.25, 0.3) is 0 Å². The van der Waals surface area contributed by atoms with Crippen LogP contribution < -0.4 is 9.47 Å². The molecule has 2 heterocycles. The molecule has 5 heteroatoms. The van der Waals surface area contributed by atoms with Crippen molar-refractivity contribution in [3.05, 3.63) is 53.6 Å². The molecular weight excluding hydrogens is 316 g/mol. The van der Waals surface area contributed by atoms with E-state index in [1.54, 1.807) is 13.2 Å². The molecule has 0 unspecified atom stereocenters. The Labute approximate surface area is 147 Å².